The van der Waals surface area contributed by atoms with Gasteiger partial charge in [0.1, 0.15) is 0 Å². The van der Waals surface area contributed by atoms with Crippen LogP contribution in [0.3, 0.4) is 0 Å². The highest BCUT2D eigenvalue weighted by Gasteiger charge is 2.16. The van der Waals surface area contributed by atoms with Crippen molar-refractivity contribution in [3.8, 4) is 5.69 Å². The Labute approximate surface area is 107 Å². The molecule has 0 aliphatic rings. The van der Waals surface area contributed by atoms with Crippen LogP contribution in [-0.4, -0.2) is 15.6 Å². The van der Waals surface area contributed by atoms with Gasteiger partial charge < -0.3 is 9.67 Å². The molecule has 1 N–H and O–H groups in total. The highest BCUT2D eigenvalue weighted by Crippen LogP contribution is 2.23. The molecular weight excluding hydrogens is 226 g/mol. The van der Waals surface area contributed by atoms with Gasteiger partial charge in [-0.05, 0) is 45.4 Å². The molecule has 0 saturated heterocycles. The van der Waals surface area contributed by atoms with E-state index in [1.165, 1.54) is 5.56 Å². The maximum absolute atomic E-state index is 11.1. The van der Waals surface area contributed by atoms with E-state index in [0.717, 1.165) is 22.6 Å². The average Bonchev–Trinajstić information content (AvgIpc) is 2.56. The van der Waals surface area contributed by atoms with Gasteiger partial charge in [-0.1, -0.05) is 17.7 Å². The molecule has 0 aliphatic carbocycles. The zero-order valence-corrected chi connectivity index (χ0v) is 11.1. The average molecular weight is 243 g/mol. The van der Waals surface area contributed by atoms with Crippen molar-refractivity contribution in [2.24, 2.45) is 0 Å². The van der Waals surface area contributed by atoms with Gasteiger partial charge in [-0.15, -0.1) is 0 Å². The van der Waals surface area contributed by atoms with Crippen molar-refractivity contribution in [2.45, 2.75) is 27.7 Å². The monoisotopic (exact) mass is 243 g/mol. The maximum atomic E-state index is 11.1. The minimum absolute atomic E-state index is 0.368. The molecule has 0 unspecified atom stereocenters. The molecule has 18 heavy (non-hydrogen) atoms. The number of benzene rings is 1. The molecule has 2 rings (SSSR count). The molecule has 1 heterocycles. The molecule has 0 bridgehead atoms. The predicted molar refractivity (Wildman–Crippen MR) is 71.7 cm³/mol. The van der Waals surface area contributed by atoms with E-state index < -0.39 is 5.97 Å². The number of rotatable bonds is 2. The summed E-state index contributed by atoms with van der Waals surface area (Å²) < 4.78 is 2.00. The Bertz CT molecular complexity index is 624. The first-order valence-electron chi connectivity index (χ1n) is 5.91. The molecule has 0 radical (unpaired) electrons. The van der Waals surface area contributed by atoms with Crippen molar-refractivity contribution >= 4 is 5.97 Å². The van der Waals surface area contributed by atoms with Crippen LogP contribution in [0.1, 0.15) is 32.9 Å². The number of hydrogen-bond donors (Lipinski definition) is 1. The van der Waals surface area contributed by atoms with Crippen molar-refractivity contribution < 1.29 is 9.90 Å². The minimum Gasteiger partial charge on any atom is -0.478 e. The zero-order chi connectivity index (χ0) is 13.4. The number of carboxylic acid groups (broad SMARTS) is 1. The largest absolute Gasteiger partial charge is 0.478 e. The Morgan fingerprint density at radius 1 is 1.11 bits per heavy atom. The molecular formula is C15H17NO2. The van der Waals surface area contributed by atoms with Crippen LogP contribution >= 0.6 is 0 Å². The summed E-state index contributed by atoms with van der Waals surface area (Å²) >= 11 is 0. The van der Waals surface area contributed by atoms with Crippen LogP contribution in [0.15, 0.2) is 24.3 Å². The first kappa shape index (κ1) is 12.4. The number of nitrogens with zero attached hydrogens (tertiary/aromatic N) is 1. The van der Waals surface area contributed by atoms with Crippen LogP contribution in [0.2, 0.25) is 0 Å². The van der Waals surface area contributed by atoms with Crippen molar-refractivity contribution in [1.82, 2.24) is 4.57 Å². The third kappa shape index (κ3) is 1.92. The lowest BCUT2D eigenvalue weighted by Gasteiger charge is -2.13. The van der Waals surface area contributed by atoms with Gasteiger partial charge in [0.05, 0.1) is 5.56 Å². The second kappa shape index (κ2) is 4.33. The summed E-state index contributed by atoms with van der Waals surface area (Å²) in [6.45, 7) is 7.87. The summed E-state index contributed by atoms with van der Waals surface area (Å²) in [5.41, 5.74) is 5.48. The Morgan fingerprint density at radius 3 is 2.28 bits per heavy atom. The molecule has 1 aromatic carbocycles. The van der Waals surface area contributed by atoms with Gasteiger partial charge in [-0.3, -0.25) is 0 Å². The van der Waals surface area contributed by atoms with E-state index in [4.69, 9.17) is 5.11 Å². The Hall–Kier alpha value is -2.03. The Kier molecular flexibility index (Phi) is 2.99. The minimum atomic E-state index is -0.876. The van der Waals surface area contributed by atoms with E-state index in [1.54, 1.807) is 6.07 Å². The molecule has 0 amide bonds. The molecule has 0 aliphatic heterocycles. The lowest BCUT2D eigenvalue weighted by atomic mass is 10.1. The first-order valence-corrected chi connectivity index (χ1v) is 5.91. The summed E-state index contributed by atoms with van der Waals surface area (Å²) in [5.74, 6) is -0.876. The molecule has 0 spiro atoms. The number of carbonyl (C=O) groups is 1. The van der Waals surface area contributed by atoms with Crippen molar-refractivity contribution in [2.75, 3.05) is 0 Å². The fourth-order valence-corrected chi connectivity index (χ4v) is 2.41. The molecule has 0 atom stereocenters. The topological polar surface area (TPSA) is 42.2 Å². The molecule has 1 aromatic heterocycles. The SMILES string of the molecule is Cc1ccc(-n2c(C)cc(C(=O)O)c2C)c(C)c1. The lowest BCUT2D eigenvalue weighted by molar-refractivity contribution is 0.0696. The summed E-state index contributed by atoms with van der Waals surface area (Å²) in [7, 11) is 0. The summed E-state index contributed by atoms with van der Waals surface area (Å²) in [6.07, 6.45) is 0. The van der Waals surface area contributed by atoms with Crippen LogP contribution in [0.25, 0.3) is 5.69 Å². The second-order valence-electron chi connectivity index (χ2n) is 4.72. The number of carboxylic acids is 1. The van der Waals surface area contributed by atoms with Gasteiger partial charge in [0.25, 0.3) is 0 Å². The van der Waals surface area contributed by atoms with Crippen LogP contribution < -0.4 is 0 Å². The van der Waals surface area contributed by atoms with Crippen LogP contribution in [0, 0.1) is 27.7 Å². The second-order valence-corrected chi connectivity index (χ2v) is 4.72. The Morgan fingerprint density at radius 2 is 1.78 bits per heavy atom. The first-order chi connectivity index (χ1) is 8.41. The molecule has 0 fully saturated rings. The quantitative estimate of drug-likeness (QED) is 0.878. The third-order valence-electron chi connectivity index (χ3n) is 3.25. The Balaban J connectivity index is 2.68. The summed E-state index contributed by atoms with van der Waals surface area (Å²) in [4.78, 5) is 11.1. The highest BCUT2D eigenvalue weighted by atomic mass is 16.4. The summed E-state index contributed by atoms with van der Waals surface area (Å²) in [6, 6.07) is 7.91. The van der Waals surface area contributed by atoms with E-state index in [2.05, 4.69) is 13.0 Å². The molecule has 2 aromatic rings. The number of aromatic carboxylic acids is 1. The standard InChI is InChI=1S/C15H17NO2/c1-9-5-6-14(10(2)7-9)16-11(3)8-13(12(16)4)15(17)18/h5-8H,1-4H3,(H,17,18). The van der Waals surface area contributed by atoms with E-state index in [9.17, 15) is 4.79 Å². The third-order valence-corrected chi connectivity index (χ3v) is 3.25. The van der Waals surface area contributed by atoms with Crippen LogP contribution in [-0.2, 0) is 0 Å². The van der Waals surface area contributed by atoms with Gasteiger partial charge >= 0.3 is 5.97 Å². The van der Waals surface area contributed by atoms with E-state index in [1.807, 2.05) is 37.5 Å². The lowest BCUT2D eigenvalue weighted by Crippen LogP contribution is -2.04. The van der Waals surface area contributed by atoms with Crippen LogP contribution in [0.4, 0.5) is 0 Å². The maximum Gasteiger partial charge on any atom is 0.337 e. The van der Waals surface area contributed by atoms with Gasteiger partial charge in [0.15, 0.2) is 0 Å². The summed E-state index contributed by atoms with van der Waals surface area (Å²) in [5, 5.41) is 9.15. The van der Waals surface area contributed by atoms with Crippen molar-refractivity contribution in [3.63, 3.8) is 0 Å². The molecule has 94 valence electrons. The fraction of sp³-hybridized carbons (Fsp3) is 0.267. The van der Waals surface area contributed by atoms with Gasteiger partial charge in [-0.2, -0.15) is 0 Å². The zero-order valence-electron chi connectivity index (χ0n) is 11.1. The van der Waals surface area contributed by atoms with Crippen LogP contribution in [0.5, 0.6) is 0 Å². The molecule has 3 heteroatoms. The van der Waals surface area contributed by atoms with Gasteiger partial charge in [0, 0.05) is 17.1 Å². The predicted octanol–water partition coefficient (Wildman–Crippen LogP) is 3.41. The molecule has 0 saturated carbocycles. The fourth-order valence-electron chi connectivity index (χ4n) is 2.41. The highest BCUT2D eigenvalue weighted by molar-refractivity contribution is 5.89. The van der Waals surface area contributed by atoms with Gasteiger partial charge in [0.2, 0.25) is 0 Å². The number of aromatic nitrogens is 1. The van der Waals surface area contributed by atoms with E-state index in [-0.39, 0.29) is 0 Å². The van der Waals surface area contributed by atoms with Crippen molar-refractivity contribution in [1.29, 1.82) is 0 Å². The van der Waals surface area contributed by atoms with E-state index in [0.29, 0.717) is 5.56 Å². The molecule has 3 nitrogen and oxygen atoms in total. The van der Waals surface area contributed by atoms with E-state index >= 15 is 0 Å². The number of aryl methyl sites for hydroxylation is 3. The van der Waals surface area contributed by atoms with Gasteiger partial charge in [-0.25, -0.2) is 4.79 Å². The smallest absolute Gasteiger partial charge is 0.337 e. The number of hydrogen-bond acceptors (Lipinski definition) is 1. The van der Waals surface area contributed by atoms with Crippen molar-refractivity contribution in [3.05, 3.63) is 52.3 Å². The normalized spacial score (nSPS) is 10.7.